The first-order chi connectivity index (χ1) is 10.1. The number of nitrogens with zero attached hydrogens (tertiary/aromatic N) is 4. The summed E-state index contributed by atoms with van der Waals surface area (Å²) in [5.41, 5.74) is 1.03. The van der Waals surface area contributed by atoms with E-state index in [-0.39, 0.29) is 0 Å². The number of hydrogen-bond acceptors (Lipinski definition) is 5. The van der Waals surface area contributed by atoms with Crippen LogP contribution in [0.25, 0.3) is 0 Å². The van der Waals surface area contributed by atoms with Gasteiger partial charge in [0.15, 0.2) is 0 Å². The van der Waals surface area contributed by atoms with E-state index < -0.39 is 0 Å². The van der Waals surface area contributed by atoms with Gasteiger partial charge in [-0.1, -0.05) is 6.92 Å². The highest BCUT2D eigenvalue weighted by Gasteiger charge is 2.22. The topological polar surface area (TPSA) is 44.3 Å². The Labute approximate surface area is 128 Å². The van der Waals surface area contributed by atoms with Crippen molar-refractivity contribution >= 4 is 5.82 Å². The zero-order valence-electron chi connectivity index (χ0n) is 13.9. The number of piperidine rings is 1. The Morgan fingerprint density at radius 1 is 1.29 bits per heavy atom. The van der Waals surface area contributed by atoms with Gasteiger partial charge in [0.2, 0.25) is 0 Å². The molecule has 1 aromatic rings. The van der Waals surface area contributed by atoms with Crippen LogP contribution in [0.5, 0.6) is 0 Å². The van der Waals surface area contributed by atoms with Crippen LogP contribution < -0.4 is 5.32 Å². The summed E-state index contributed by atoms with van der Waals surface area (Å²) < 4.78 is 0. The van der Waals surface area contributed by atoms with Crippen LogP contribution in [-0.4, -0.2) is 59.0 Å². The molecule has 5 nitrogen and oxygen atoms in total. The summed E-state index contributed by atoms with van der Waals surface area (Å²) in [6.45, 7) is 11.7. The average molecular weight is 291 g/mol. The molecule has 0 radical (unpaired) electrons. The highest BCUT2D eigenvalue weighted by atomic mass is 15.2. The van der Waals surface area contributed by atoms with Gasteiger partial charge in [0.1, 0.15) is 11.6 Å². The minimum absolute atomic E-state index is 0.652. The van der Waals surface area contributed by atoms with Crippen molar-refractivity contribution in [2.75, 3.05) is 38.5 Å². The maximum Gasteiger partial charge on any atom is 0.144 e. The van der Waals surface area contributed by atoms with Gasteiger partial charge in [-0.15, -0.1) is 0 Å². The molecule has 118 valence electrons. The molecule has 1 aromatic heterocycles. The monoisotopic (exact) mass is 291 g/mol. The average Bonchev–Trinajstić information content (AvgIpc) is 2.47. The minimum atomic E-state index is 0.652. The molecule has 0 spiro atoms. The van der Waals surface area contributed by atoms with Gasteiger partial charge in [-0.05, 0) is 53.4 Å². The minimum Gasteiger partial charge on any atom is -0.370 e. The molecule has 0 aromatic carbocycles. The van der Waals surface area contributed by atoms with E-state index in [0.717, 1.165) is 30.4 Å². The molecule has 0 bridgehead atoms. The van der Waals surface area contributed by atoms with Crippen molar-refractivity contribution in [3.05, 3.63) is 17.6 Å². The predicted octanol–water partition coefficient (Wildman–Crippen LogP) is 2.13. The number of likely N-dealkylation sites (tertiary alicyclic amines) is 1. The van der Waals surface area contributed by atoms with Gasteiger partial charge in [0, 0.05) is 24.3 Å². The number of nitrogens with one attached hydrogen (secondary N) is 1. The first-order valence-corrected chi connectivity index (χ1v) is 8.13. The lowest BCUT2D eigenvalue weighted by molar-refractivity contribution is 0.125. The number of aryl methyl sites for hydroxylation is 1. The Hall–Kier alpha value is -1.20. The molecule has 1 aliphatic heterocycles. The van der Waals surface area contributed by atoms with Gasteiger partial charge < -0.3 is 10.2 Å². The standard InChI is InChI=1S/C16H29N5/c1-5-17-15-11-13(3)18-16(19-15)12-20(4)14-7-9-21(6-2)10-8-14/h11,14H,5-10,12H2,1-4H3,(H,17,18,19). The highest BCUT2D eigenvalue weighted by Crippen LogP contribution is 2.17. The maximum absolute atomic E-state index is 4.61. The quantitative estimate of drug-likeness (QED) is 0.870. The van der Waals surface area contributed by atoms with E-state index in [4.69, 9.17) is 0 Å². The molecule has 1 saturated heterocycles. The van der Waals surface area contributed by atoms with Crippen LogP contribution in [0.1, 0.15) is 38.2 Å². The molecule has 1 fully saturated rings. The van der Waals surface area contributed by atoms with Crippen LogP contribution in [-0.2, 0) is 6.54 Å². The van der Waals surface area contributed by atoms with Crippen molar-refractivity contribution < 1.29 is 0 Å². The fourth-order valence-corrected chi connectivity index (χ4v) is 3.00. The molecular weight excluding hydrogens is 262 g/mol. The normalized spacial score (nSPS) is 17.4. The van der Waals surface area contributed by atoms with E-state index in [1.54, 1.807) is 0 Å². The molecule has 0 amide bonds. The van der Waals surface area contributed by atoms with Crippen LogP contribution >= 0.6 is 0 Å². The molecule has 2 rings (SSSR count). The van der Waals surface area contributed by atoms with Crippen LogP contribution in [0, 0.1) is 6.92 Å². The van der Waals surface area contributed by atoms with Gasteiger partial charge in [-0.2, -0.15) is 0 Å². The second-order valence-electron chi connectivity index (χ2n) is 5.92. The number of aromatic nitrogens is 2. The van der Waals surface area contributed by atoms with Crippen LogP contribution in [0.3, 0.4) is 0 Å². The molecule has 0 saturated carbocycles. The Morgan fingerprint density at radius 3 is 2.62 bits per heavy atom. The summed E-state index contributed by atoms with van der Waals surface area (Å²) in [7, 11) is 2.20. The van der Waals surface area contributed by atoms with Crippen molar-refractivity contribution in [3.8, 4) is 0 Å². The smallest absolute Gasteiger partial charge is 0.144 e. The second-order valence-corrected chi connectivity index (χ2v) is 5.92. The summed E-state index contributed by atoms with van der Waals surface area (Å²) in [5.74, 6) is 1.86. The molecule has 1 aliphatic rings. The van der Waals surface area contributed by atoms with Gasteiger partial charge >= 0.3 is 0 Å². The predicted molar refractivity (Wildman–Crippen MR) is 87.5 cm³/mol. The molecular formula is C16H29N5. The van der Waals surface area contributed by atoms with E-state index in [1.165, 1.54) is 32.5 Å². The van der Waals surface area contributed by atoms with Crippen LogP contribution in [0.15, 0.2) is 6.07 Å². The fraction of sp³-hybridized carbons (Fsp3) is 0.750. The van der Waals surface area contributed by atoms with Crippen molar-refractivity contribution in [3.63, 3.8) is 0 Å². The number of hydrogen-bond donors (Lipinski definition) is 1. The third kappa shape index (κ3) is 4.64. The third-order valence-electron chi connectivity index (χ3n) is 4.28. The van der Waals surface area contributed by atoms with Crippen molar-refractivity contribution in [2.24, 2.45) is 0 Å². The van der Waals surface area contributed by atoms with E-state index >= 15 is 0 Å². The summed E-state index contributed by atoms with van der Waals surface area (Å²) in [4.78, 5) is 14.1. The van der Waals surface area contributed by atoms with Crippen molar-refractivity contribution in [1.29, 1.82) is 0 Å². The Morgan fingerprint density at radius 2 is 2.00 bits per heavy atom. The Balaban J connectivity index is 1.94. The summed E-state index contributed by atoms with van der Waals surface area (Å²) in [6, 6.07) is 2.66. The zero-order chi connectivity index (χ0) is 15.2. The van der Waals surface area contributed by atoms with Crippen molar-refractivity contribution in [1.82, 2.24) is 19.8 Å². The van der Waals surface area contributed by atoms with Crippen molar-refractivity contribution in [2.45, 2.75) is 46.2 Å². The van der Waals surface area contributed by atoms with E-state index in [1.807, 2.05) is 13.0 Å². The lowest BCUT2D eigenvalue weighted by Crippen LogP contribution is -2.43. The van der Waals surface area contributed by atoms with E-state index in [0.29, 0.717) is 6.04 Å². The lowest BCUT2D eigenvalue weighted by Gasteiger charge is -2.36. The maximum atomic E-state index is 4.61. The van der Waals surface area contributed by atoms with E-state index in [9.17, 15) is 0 Å². The van der Waals surface area contributed by atoms with Gasteiger partial charge in [0.05, 0.1) is 6.54 Å². The first kappa shape index (κ1) is 16.2. The lowest BCUT2D eigenvalue weighted by atomic mass is 10.0. The van der Waals surface area contributed by atoms with E-state index in [2.05, 4.69) is 46.0 Å². The second kappa shape index (κ2) is 7.71. The van der Waals surface area contributed by atoms with Gasteiger partial charge in [-0.25, -0.2) is 9.97 Å². The van der Waals surface area contributed by atoms with Crippen LogP contribution in [0.2, 0.25) is 0 Å². The molecule has 0 aliphatic carbocycles. The fourth-order valence-electron chi connectivity index (χ4n) is 3.00. The van der Waals surface area contributed by atoms with Gasteiger partial charge in [-0.3, -0.25) is 4.90 Å². The molecule has 21 heavy (non-hydrogen) atoms. The molecule has 5 heteroatoms. The SMILES string of the molecule is CCNc1cc(C)nc(CN(C)C2CCN(CC)CC2)n1. The Bertz CT molecular complexity index is 440. The zero-order valence-corrected chi connectivity index (χ0v) is 13.9. The molecule has 1 N–H and O–H groups in total. The third-order valence-corrected chi connectivity index (χ3v) is 4.28. The highest BCUT2D eigenvalue weighted by molar-refractivity contribution is 5.35. The molecule has 2 heterocycles. The largest absolute Gasteiger partial charge is 0.370 e. The summed E-state index contributed by atoms with van der Waals surface area (Å²) in [5, 5.41) is 3.28. The summed E-state index contributed by atoms with van der Waals surface area (Å²) in [6.07, 6.45) is 2.49. The van der Waals surface area contributed by atoms with Crippen LogP contribution in [0.4, 0.5) is 5.82 Å². The Kier molecular flexibility index (Phi) is 5.94. The summed E-state index contributed by atoms with van der Waals surface area (Å²) >= 11 is 0. The number of rotatable bonds is 6. The number of anilines is 1. The van der Waals surface area contributed by atoms with Gasteiger partial charge in [0.25, 0.3) is 0 Å². The first-order valence-electron chi connectivity index (χ1n) is 8.13. The molecule has 0 unspecified atom stereocenters. The molecule has 0 atom stereocenters.